The number of amides is 1. The van der Waals surface area contributed by atoms with Gasteiger partial charge in [0.25, 0.3) is 0 Å². The average Bonchev–Trinajstić information content (AvgIpc) is 2.40. The molecule has 0 aliphatic carbocycles. The SMILES string of the molecule is CN(Cc1cccnc1)C(=O)C1CCNCC1. The first-order chi connectivity index (χ1) is 8.27. The van der Waals surface area contributed by atoms with Crippen molar-refractivity contribution < 1.29 is 4.79 Å². The van der Waals surface area contributed by atoms with Crippen molar-refractivity contribution in [2.24, 2.45) is 5.92 Å². The first-order valence-electron chi connectivity index (χ1n) is 6.12. The van der Waals surface area contributed by atoms with E-state index in [4.69, 9.17) is 0 Å². The summed E-state index contributed by atoms with van der Waals surface area (Å²) in [4.78, 5) is 18.1. The van der Waals surface area contributed by atoms with Gasteiger partial charge in [-0.1, -0.05) is 6.07 Å². The van der Waals surface area contributed by atoms with Crippen LogP contribution in [0.25, 0.3) is 0 Å². The van der Waals surface area contributed by atoms with Crippen LogP contribution < -0.4 is 5.32 Å². The summed E-state index contributed by atoms with van der Waals surface area (Å²) in [7, 11) is 1.87. The molecule has 1 amide bonds. The van der Waals surface area contributed by atoms with Gasteiger partial charge < -0.3 is 10.2 Å². The van der Waals surface area contributed by atoms with E-state index in [1.54, 1.807) is 6.20 Å². The maximum atomic E-state index is 12.2. The molecule has 0 radical (unpaired) electrons. The Labute approximate surface area is 102 Å². The number of piperidine rings is 1. The summed E-state index contributed by atoms with van der Waals surface area (Å²) >= 11 is 0. The molecule has 0 atom stereocenters. The summed E-state index contributed by atoms with van der Waals surface area (Å²) in [5.74, 6) is 0.452. The number of carbonyl (C=O) groups is 1. The van der Waals surface area contributed by atoms with Crippen LogP contribution in [0.2, 0.25) is 0 Å². The van der Waals surface area contributed by atoms with Crippen molar-refractivity contribution in [1.29, 1.82) is 0 Å². The molecule has 0 bridgehead atoms. The third-order valence-corrected chi connectivity index (χ3v) is 3.21. The number of aromatic nitrogens is 1. The Morgan fingerprint density at radius 2 is 2.29 bits per heavy atom. The van der Waals surface area contributed by atoms with Crippen LogP contribution >= 0.6 is 0 Å². The summed E-state index contributed by atoms with van der Waals surface area (Å²) in [5, 5.41) is 3.28. The fourth-order valence-corrected chi connectivity index (χ4v) is 2.22. The molecule has 1 aliphatic heterocycles. The van der Waals surface area contributed by atoms with E-state index in [0.717, 1.165) is 31.5 Å². The second-order valence-electron chi connectivity index (χ2n) is 4.58. The Balaban J connectivity index is 1.90. The molecule has 1 aromatic rings. The highest BCUT2D eigenvalue weighted by molar-refractivity contribution is 5.78. The number of hydrogen-bond acceptors (Lipinski definition) is 3. The molecule has 4 heteroatoms. The molecule has 0 unspecified atom stereocenters. The van der Waals surface area contributed by atoms with Crippen LogP contribution in [0.4, 0.5) is 0 Å². The fraction of sp³-hybridized carbons (Fsp3) is 0.538. The summed E-state index contributed by atoms with van der Waals surface area (Å²) in [6.07, 6.45) is 5.47. The standard InChI is InChI=1S/C13H19N3O/c1-16(10-11-3-2-6-15-9-11)13(17)12-4-7-14-8-5-12/h2-3,6,9,12,14H,4-5,7-8,10H2,1H3. The van der Waals surface area contributed by atoms with Crippen LogP contribution in [0, 0.1) is 5.92 Å². The van der Waals surface area contributed by atoms with Crippen LogP contribution in [0.15, 0.2) is 24.5 Å². The zero-order valence-electron chi connectivity index (χ0n) is 10.2. The largest absolute Gasteiger partial charge is 0.341 e. The predicted octanol–water partition coefficient (Wildman–Crippen LogP) is 1.04. The highest BCUT2D eigenvalue weighted by Crippen LogP contribution is 2.15. The first-order valence-corrected chi connectivity index (χ1v) is 6.12. The van der Waals surface area contributed by atoms with Gasteiger partial charge in [-0.2, -0.15) is 0 Å². The Kier molecular flexibility index (Phi) is 4.09. The predicted molar refractivity (Wildman–Crippen MR) is 66.3 cm³/mol. The molecule has 1 fully saturated rings. The maximum absolute atomic E-state index is 12.2. The summed E-state index contributed by atoms with van der Waals surface area (Å²) < 4.78 is 0. The smallest absolute Gasteiger partial charge is 0.225 e. The molecule has 1 saturated heterocycles. The van der Waals surface area contributed by atoms with Crippen LogP contribution in [-0.4, -0.2) is 35.9 Å². The number of nitrogens with zero attached hydrogens (tertiary/aromatic N) is 2. The minimum Gasteiger partial charge on any atom is -0.341 e. The van der Waals surface area contributed by atoms with Gasteiger partial charge in [-0.05, 0) is 37.6 Å². The first kappa shape index (κ1) is 12.0. The lowest BCUT2D eigenvalue weighted by atomic mass is 9.96. The fourth-order valence-electron chi connectivity index (χ4n) is 2.22. The molecule has 0 saturated carbocycles. The van der Waals surface area contributed by atoms with Gasteiger partial charge in [-0.15, -0.1) is 0 Å². The van der Waals surface area contributed by atoms with Gasteiger partial charge in [-0.3, -0.25) is 9.78 Å². The van der Waals surface area contributed by atoms with E-state index >= 15 is 0 Å². The summed E-state index contributed by atoms with van der Waals surface area (Å²) in [6, 6.07) is 3.90. The molecule has 1 aromatic heterocycles. The van der Waals surface area contributed by atoms with Gasteiger partial charge in [0, 0.05) is 31.9 Å². The van der Waals surface area contributed by atoms with E-state index < -0.39 is 0 Å². The minimum atomic E-state index is 0.193. The highest BCUT2D eigenvalue weighted by Gasteiger charge is 2.23. The number of hydrogen-bond donors (Lipinski definition) is 1. The molecule has 1 N–H and O–H groups in total. The topological polar surface area (TPSA) is 45.2 Å². The van der Waals surface area contributed by atoms with Crippen LogP contribution in [0.3, 0.4) is 0 Å². The monoisotopic (exact) mass is 233 g/mol. The van der Waals surface area contributed by atoms with Crippen LogP contribution in [0.5, 0.6) is 0 Å². The molecule has 2 heterocycles. The molecule has 17 heavy (non-hydrogen) atoms. The second-order valence-corrected chi connectivity index (χ2v) is 4.58. The van der Waals surface area contributed by atoms with Gasteiger partial charge in [0.1, 0.15) is 0 Å². The van der Waals surface area contributed by atoms with Gasteiger partial charge >= 0.3 is 0 Å². The molecular weight excluding hydrogens is 214 g/mol. The Morgan fingerprint density at radius 3 is 2.94 bits per heavy atom. The zero-order chi connectivity index (χ0) is 12.1. The van der Waals surface area contributed by atoms with Crippen molar-refractivity contribution in [3.05, 3.63) is 30.1 Å². The molecule has 92 valence electrons. The molecular formula is C13H19N3O. The normalized spacial score (nSPS) is 16.8. The Morgan fingerprint density at radius 1 is 1.53 bits per heavy atom. The van der Waals surface area contributed by atoms with Crippen LogP contribution in [0.1, 0.15) is 18.4 Å². The van der Waals surface area contributed by atoms with Crippen molar-refractivity contribution in [3.63, 3.8) is 0 Å². The average molecular weight is 233 g/mol. The molecule has 1 aliphatic rings. The van der Waals surface area contributed by atoms with Gasteiger partial charge in [0.2, 0.25) is 5.91 Å². The van der Waals surface area contributed by atoms with Crippen LogP contribution in [-0.2, 0) is 11.3 Å². The number of pyridine rings is 1. The number of carbonyl (C=O) groups excluding carboxylic acids is 1. The van der Waals surface area contributed by atoms with Gasteiger partial charge in [-0.25, -0.2) is 0 Å². The highest BCUT2D eigenvalue weighted by atomic mass is 16.2. The number of nitrogens with one attached hydrogen (secondary N) is 1. The molecule has 2 rings (SSSR count). The van der Waals surface area contributed by atoms with E-state index in [1.807, 2.05) is 30.3 Å². The van der Waals surface area contributed by atoms with Crippen molar-refractivity contribution >= 4 is 5.91 Å². The third kappa shape index (κ3) is 3.27. The van der Waals surface area contributed by atoms with Gasteiger partial charge in [0.15, 0.2) is 0 Å². The molecule has 0 spiro atoms. The molecule has 4 nitrogen and oxygen atoms in total. The van der Waals surface area contributed by atoms with Crippen molar-refractivity contribution in [2.45, 2.75) is 19.4 Å². The van der Waals surface area contributed by atoms with E-state index in [0.29, 0.717) is 6.54 Å². The maximum Gasteiger partial charge on any atom is 0.225 e. The van der Waals surface area contributed by atoms with Crippen molar-refractivity contribution in [1.82, 2.24) is 15.2 Å². The quantitative estimate of drug-likeness (QED) is 0.848. The summed E-state index contributed by atoms with van der Waals surface area (Å²) in [5.41, 5.74) is 1.08. The lowest BCUT2D eigenvalue weighted by Gasteiger charge is -2.26. The van der Waals surface area contributed by atoms with E-state index in [-0.39, 0.29) is 11.8 Å². The van der Waals surface area contributed by atoms with E-state index in [9.17, 15) is 4.79 Å². The minimum absolute atomic E-state index is 0.193. The molecule has 0 aromatic carbocycles. The Hall–Kier alpha value is -1.42. The second kappa shape index (κ2) is 5.77. The van der Waals surface area contributed by atoms with E-state index in [2.05, 4.69) is 10.3 Å². The lowest BCUT2D eigenvalue weighted by Crippen LogP contribution is -2.38. The Bertz CT molecular complexity index is 360. The zero-order valence-corrected chi connectivity index (χ0v) is 10.2. The van der Waals surface area contributed by atoms with Crippen molar-refractivity contribution in [2.75, 3.05) is 20.1 Å². The van der Waals surface area contributed by atoms with E-state index in [1.165, 1.54) is 0 Å². The number of rotatable bonds is 3. The summed E-state index contributed by atoms with van der Waals surface area (Å²) in [6.45, 7) is 2.56. The van der Waals surface area contributed by atoms with Crippen molar-refractivity contribution in [3.8, 4) is 0 Å². The lowest BCUT2D eigenvalue weighted by molar-refractivity contribution is -0.135. The third-order valence-electron chi connectivity index (χ3n) is 3.21. The van der Waals surface area contributed by atoms with Gasteiger partial charge in [0.05, 0.1) is 0 Å².